The molecule has 0 radical (unpaired) electrons. The van der Waals surface area contributed by atoms with Gasteiger partial charge in [-0.15, -0.1) is 0 Å². The number of amides is 5. The quantitative estimate of drug-likeness (QED) is 0.190. The van der Waals surface area contributed by atoms with Crippen molar-refractivity contribution in [2.24, 2.45) is 16.7 Å². The van der Waals surface area contributed by atoms with Crippen LogP contribution in [0.4, 0.5) is 5.69 Å². The first-order chi connectivity index (χ1) is 25.7. The largest absolute Gasteiger partial charge is 0.494 e. The van der Waals surface area contributed by atoms with E-state index < -0.39 is 29.7 Å². The molecule has 2 N–H and O–H groups in total. The van der Waals surface area contributed by atoms with Crippen LogP contribution in [0.15, 0.2) is 60.7 Å². The monoisotopic (exact) mass is 751 g/mol. The smallest absolute Gasteiger partial charge is 0.262 e. The van der Waals surface area contributed by atoms with E-state index in [9.17, 15) is 29.2 Å². The van der Waals surface area contributed by atoms with Gasteiger partial charge in [-0.25, -0.2) is 0 Å². The normalized spacial score (nSPS) is 22.8. The lowest BCUT2D eigenvalue weighted by Crippen LogP contribution is -2.74. The van der Waals surface area contributed by atoms with Crippen molar-refractivity contribution in [3.8, 4) is 17.6 Å². The zero-order valence-electron chi connectivity index (χ0n) is 30.6. The molecule has 3 fully saturated rings. The number of carbonyl (C=O) groups is 5. The third kappa shape index (κ3) is 6.66. The average molecular weight is 752 g/mol. The molecule has 3 heterocycles. The van der Waals surface area contributed by atoms with E-state index in [2.05, 4.69) is 49.3 Å². The van der Waals surface area contributed by atoms with E-state index in [0.29, 0.717) is 40.2 Å². The van der Waals surface area contributed by atoms with Gasteiger partial charge in [0.25, 0.3) is 17.7 Å². The van der Waals surface area contributed by atoms with E-state index in [0.717, 1.165) is 36.5 Å². The van der Waals surface area contributed by atoms with Gasteiger partial charge in [-0.2, -0.15) is 5.26 Å². The van der Waals surface area contributed by atoms with Crippen LogP contribution in [0, 0.1) is 28.1 Å². The van der Waals surface area contributed by atoms with Crippen LogP contribution in [0.3, 0.4) is 0 Å². The molecule has 3 aliphatic heterocycles. The maximum Gasteiger partial charge on any atom is 0.262 e. The summed E-state index contributed by atoms with van der Waals surface area (Å²) < 4.78 is 12.3. The highest BCUT2D eigenvalue weighted by molar-refractivity contribution is 6.31. The summed E-state index contributed by atoms with van der Waals surface area (Å²) in [6, 6.07) is 18.4. The number of fused-ring (bicyclic) bond motifs is 1. The Labute approximate surface area is 318 Å². The second-order valence-corrected chi connectivity index (χ2v) is 16.2. The van der Waals surface area contributed by atoms with E-state index in [1.807, 2.05) is 24.3 Å². The van der Waals surface area contributed by atoms with Gasteiger partial charge in [0.05, 0.1) is 28.3 Å². The fraction of sp³-hybridized carbons (Fsp3) is 0.415. The molecule has 12 nitrogen and oxygen atoms in total. The number of carbonyl (C=O) groups excluding carboxylic acids is 5. The van der Waals surface area contributed by atoms with Crippen molar-refractivity contribution >= 4 is 46.8 Å². The topological polar surface area (TPSA) is 158 Å². The number of hydrogen-bond donors (Lipinski definition) is 2. The summed E-state index contributed by atoms with van der Waals surface area (Å²) in [7, 11) is 0. The fourth-order valence-electron chi connectivity index (χ4n) is 8.70. The van der Waals surface area contributed by atoms with Crippen LogP contribution in [0.5, 0.6) is 11.5 Å². The summed E-state index contributed by atoms with van der Waals surface area (Å²) >= 11 is 6.23. The lowest BCUT2D eigenvalue weighted by Gasteiger charge is -2.63. The van der Waals surface area contributed by atoms with Gasteiger partial charge in [0.1, 0.15) is 29.7 Å². The van der Waals surface area contributed by atoms with Crippen LogP contribution >= 0.6 is 11.6 Å². The molecular weight excluding hydrogens is 710 g/mol. The Morgan fingerprint density at radius 3 is 2.30 bits per heavy atom. The van der Waals surface area contributed by atoms with Gasteiger partial charge in [-0.3, -0.25) is 34.2 Å². The number of anilines is 1. The van der Waals surface area contributed by atoms with E-state index >= 15 is 0 Å². The molecule has 280 valence electrons. The van der Waals surface area contributed by atoms with Crippen LogP contribution in [0.1, 0.15) is 90.0 Å². The summed E-state index contributed by atoms with van der Waals surface area (Å²) in [5.41, 5.74) is 1.73. The second-order valence-electron chi connectivity index (χ2n) is 15.8. The lowest BCUT2D eigenvalue weighted by molar-refractivity contribution is -0.164. The first-order valence-corrected chi connectivity index (χ1v) is 18.6. The Balaban J connectivity index is 0.849. The number of nitrogens with zero attached hydrogens (tertiary/aromatic N) is 3. The molecule has 13 heteroatoms. The average Bonchev–Trinajstić information content (AvgIpc) is 3.36. The van der Waals surface area contributed by atoms with Gasteiger partial charge in [0.15, 0.2) is 0 Å². The molecule has 0 spiro atoms. The Morgan fingerprint density at radius 1 is 0.944 bits per heavy atom. The highest BCUT2D eigenvalue weighted by atomic mass is 35.5. The summed E-state index contributed by atoms with van der Waals surface area (Å²) in [6.45, 7) is 10.5. The minimum Gasteiger partial charge on any atom is -0.494 e. The third-order valence-corrected chi connectivity index (χ3v) is 11.6. The second kappa shape index (κ2) is 14.1. The molecule has 0 aromatic heterocycles. The van der Waals surface area contributed by atoms with Crippen LogP contribution in [0.2, 0.25) is 5.02 Å². The Kier molecular flexibility index (Phi) is 9.64. The van der Waals surface area contributed by atoms with E-state index in [1.54, 1.807) is 36.4 Å². The predicted molar refractivity (Wildman–Crippen MR) is 199 cm³/mol. The van der Waals surface area contributed by atoms with Gasteiger partial charge in [0, 0.05) is 53.7 Å². The highest BCUT2D eigenvalue weighted by Gasteiger charge is 2.64. The number of piperidine rings is 1. The lowest BCUT2D eigenvalue weighted by atomic mass is 9.49. The molecule has 1 atom stereocenters. The number of hydrogen-bond acceptors (Lipinski definition) is 9. The molecule has 7 rings (SSSR count). The van der Waals surface area contributed by atoms with Crippen molar-refractivity contribution in [3.63, 3.8) is 0 Å². The Bertz CT molecular complexity index is 2070. The number of nitriles is 1. The summed E-state index contributed by atoms with van der Waals surface area (Å²) in [4.78, 5) is 66.5. The number of nitrogens with one attached hydrogen (secondary N) is 2. The number of imide groups is 2. The Morgan fingerprint density at radius 2 is 1.63 bits per heavy atom. The summed E-state index contributed by atoms with van der Waals surface area (Å²) in [5.74, 6) is -0.733. The first-order valence-electron chi connectivity index (χ1n) is 18.2. The zero-order valence-corrected chi connectivity index (χ0v) is 31.4. The number of benzene rings is 3. The predicted octanol–water partition coefficient (Wildman–Crippen LogP) is 5.52. The molecule has 1 saturated carbocycles. The van der Waals surface area contributed by atoms with Gasteiger partial charge in [0.2, 0.25) is 11.8 Å². The van der Waals surface area contributed by atoms with Crippen molar-refractivity contribution < 1.29 is 33.4 Å². The van der Waals surface area contributed by atoms with Crippen molar-refractivity contribution in [2.45, 2.75) is 71.6 Å². The maximum atomic E-state index is 13.4. The molecule has 1 aliphatic carbocycles. The van der Waals surface area contributed by atoms with E-state index in [4.69, 9.17) is 21.1 Å². The molecular formula is C41H42ClN5O7. The van der Waals surface area contributed by atoms with Crippen molar-refractivity contribution in [1.82, 2.24) is 15.5 Å². The van der Waals surface area contributed by atoms with Crippen LogP contribution < -0.4 is 25.0 Å². The molecule has 1 unspecified atom stereocenters. The Hall–Kier alpha value is -5.41. The molecule has 54 heavy (non-hydrogen) atoms. The molecule has 2 saturated heterocycles. The van der Waals surface area contributed by atoms with E-state index in [-0.39, 0.29) is 52.9 Å². The molecule has 5 amide bonds. The third-order valence-electron chi connectivity index (χ3n) is 11.3. The molecule has 3 aromatic rings. The van der Waals surface area contributed by atoms with Crippen molar-refractivity contribution in [2.75, 3.05) is 24.6 Å². The van der Waals surface area contributed by atoms with Gasteiger partial charge in [-0.05, 0) is 79.8 Å². The van der Waals surface area contributed by atoms with Gasteiger partial charge in [-0.1, -0.05) is 39.3 Å². The van der Waals surface area contributed by atoms with Crippen LogP contribution in [-0.4, -0.2) is 72.3 Å². The van der Waals surface area contributed by atoms with E-state index in [1.165, 1.54) is 0 Å². The standard InChI is InChI=1S/C41H42ClN5O7/c1-40(2)38(41(3,4)39(40)54-28-12-9-25(20-43)31(42)19-28)45-34(49)24-7-10-26(11-8-24)46-21-23(22-46)6-5-17-53-27-13-14-29-30(18-27)37(52)47(36(29)51)32-15-16-33(48)44-35(32)50/h7-14,18-19,23,32,38-39H,5-6,15-17,21-22H2,1-4H3,(H,45,49)(H,44,48,50)/t32?,38-,39-. The molecule has 3 aromatic carbocycles. The molecule has 0 bridgehead atoms. The zero-order chi connectivity index (χ0) is 38.5. The van der Waals surface area contributed by atoms with Crippen LogP contribution in [0.25, 0.3) is 0 Å². The highest BCUT2D eigenvalue weighted by Crippen LogP contribution is 2.55. The fourth-order valence-corrected chi connectivity index (χ4v) is 8.91. The number of rotatable bonds is 11. The maximum absolute atomic E-state index is 13.4. The first kappa shape index (κ1) is 36.9. The van der Waals surface area contributed by atoms with Crippen LogP contribution in [-0.2, 0) is 9.59 Å². The van der Waals surface area contributed by atoms with Crippen molar-refractivity contribution in [3.05, 3.63) is 87.9 Å². The summed E-state index contributed by atoms with van der Waals surface area (Å²) in [6.07, 6.45) is 1.75. The van der Waals surface area contributed by atoms with Gasteiger partial charge >= 0.3 is 0 Å². The number of ether oxygens (including phenoxy) is 2. The molecule has 4 aliphatic rings. The summed E-state index contributed by atoms with van der Waals surface area (Å²) in [5, 5.41) is 15.0. The minimum absolute atomic E-state index is 0.0686. The van der Waals surface area contributed by atoms with Crippen molar-refractivity contribution in [1.29, 1.82) is 5.26 Å². The SMILES string of the molecule is CC1(C)[C@H](NC(=O)c2ccc(N3CC(CCCOc4ccc5c(c4)C(=O)N(C4CCC(=O)NC4=O)C5=O)C3)cc2)C(C)(C)[C@H]1Oc1ccc(C#N)c(Cl)c1. The number of halogens is 1. The minimum atomic E-state index is -1.00. The van der Waals surface area contributed by atoms with Gasteiger partial charge < -0.3 is 19.7 Å².